The van der Waals surface area contributed by atoms with Crippen molar-refractivity contribution in [3.8, 4) is 34.4 Å². The first kappa shape index (κ1) is 22.7. The first-order valence-corrected chi connectivity index (χ1v) is 11.4. The number of ether oxygens (including phenoxy) is 3. The van der Waals surface area contributed by atoms with Gasteiger partial charge in [-0.2, -0.15) is 0 Å². The van der Waals surface area contributed by atoms with E-state index in [-0.39, 0.29) is 0 Å². The largest absolute Gasteiger partial charge is 0.493 e. The molecule has 2 aromatic carbocycles. The molecule has 0 fully saturated rings. The van der Waals surface area contributed by atoms with Gasteiger partial charge in [0.25, 0.3) is 0 Å². The Morgan fingerprint density at radius 1 is 1.00 bits per heavy atom. The number of imidazole rings is 1. The Labute approximate surface area is 196 Å². The molecule has 9 heteroatoms. The molecule has 0 radical (unpaired) electrons. The van der Waals surface area contributed by atoms with E-state index in [0.717, 1.165) is 10.8 Å². The topological polar surface area (TPSA) is 84.4 Å². The standard InChI is InChI=1S/C24H26N4O4S/c1-15(2)17-8-6-7-9-18(17)28-11-10-25-24(28)33-14-21-26-27-23(32-21)16-12-19(29-3)22(31-5)20(13-16)30-4/h6-13,15H,14H2,1-5H3. The normalized spacial score (nSPS) is 11.1. The van der Waals surface area contributed by atoms with Gasteiger partial charge >= 0.3 is 0 Å². The van der Waals surface area contributed by atoms with Crippen LogP contribution in [0.4, 0.5) is 0 Å². The number of thioether (sulfide) groups is 1. The molecule has 0 saturated heterocycles. The first-order chi connectivity index (χ1) is 16.0. The summed E-state index contributed by atoms with van der Waals surface area (Å²) in [5.41, 5.74) is 3.07. The molecule has 0 bridgehead atoms. The van der Waals surface area contributed by atoms with Gasteiger partial charge in [-0.3, -0.25) is 4.57 Å². The maximum absolute atomic E-state index is 5.92. The molecule has 172 valence electrons. The van der Waals surface area contributed by atoms with Gasteiger partial charge in [-0.1, -0.05) is 43.8 Å². The van der Waals surface area contributed by atoms with Crippen molar-refractivity contribution >= 4 is 11.8 Å². The van der Waals surface area contributed by atoms with Gasteiger partial charge in [-0.15, -0.1) is 10.2 Å². The van der Waals surface area contributed by atoms with Crippen LogP contribution in [0.1, 0.15) is 31.2 Å². The van der Waals surface area contributed by atoms with Crippen LogP contribution in [0.15, 0.2) is 58.4 Å². The number of aromatic nitrogens is 4. The average Bonchev–Trinajstić information content (AvgIpc) is 3.51. The minimum atomic E-state index is 0.373. The summed E-state index contributed by atoms with van der Waals surface area (Å²) >= 11 is 1.54. The molecule has 33 heavy (non-hydrogen) atoms. The molecule has 0 atom stereocenters. The Morgan fingerprint density at radius 3 is 2.39 bits per heavy atom. The maximum atomic E-state index is 5.92. The second-order valence-electron chi connectivity index (χ2n) is 7.50. The van der Waals surface area contributed by atoms with Crippen molar-refractivity contribution in [2.75, 3.05) is 21.3 Å². The van der Waals surface area contributed by atoms with Crippen molar-refractivity contribution in [2.24, 2.45) is 0 Å². The summed E-state index contributed by atoms with van der Waals surface area (Å²) in [6.45, 7) is 4.37. The van der Waals surface area contributed by atoms with E-state index in [1.54, 1.807) is 39.7 Å². The fourth-order valence-electron chi connectivity index (χ4n) is 3.53. The minimum absolute atomic E-state index is 0.373. The number of hydrogen-bond donors (Lipinski definition) is 0. The fourth-order valence-corrected chi connectivity index (χ4v) is 4.34. The smallest absolute Gasteiger partial charge is 0.248 e. The number of methoxy groups -OCH3 is 3. The van der Waals surface area contributed by atoms with E-state index in [9.17, 15) is 0 Å². The van der Waals surface area contributed by atoms with Crippen molar-refractivity contribution in [3.05, 3.63) is 60.2 Å². The monoisotopic (exact) mass is 466 g/mol. The SMILES string of the molecule is COc1cc(-c2nnc(CSc3nccn3-c3ccccc3C(C)C)o2)cc(OC)c1OC. The van der Waals surface area contributed by atoms with Crippen molar-refractivity contribution in [1.29, 1.82) is 0 Å². The summed E-state index contributed by atoms with van der Waals surface area (Å²) in [5, 5.41) is 9.26. The van der Waals surface area contributed by atoms with Gasteiger partial charge in [0.2, 0.25) is 17.5 Å². The Balaban J connectivity index is 1.55. The zero-order valence-electron chi connectivity index (χ0n) is 19.2. The molecule has 4 aromatic rings. The van der Waals surface area contributed by atoms with Gasteiger partial charge in [0.15, 0.2) is 16.7 Å². The van der Waals surface area contributed by atoms with Crippen LogP contribution >= 0.6 is 11.8 Å². The van der Waals surface area contributed by atoms with Crippen molar-refractivity contribution in [1.82, 2.24) is 19.7 Å². The Morgan fingerprint density at radius 2 is 1.73 bits per heavy atom. The predicted octanol–water partition coefficient (Wildman–Crippen LogP) is 5.36. The Hall–Kier alpha value is -3.46. The second kappa shape index (κ2) is 9.99. The van der Waals surface area contributed by atoms with E-state index >= 15 is 0 Å². The molecule has 0 aliphatic heterocycles. The van der Waals surface area contributed by atoms with Crippen LogP contribution in [-0.4, -0.2) is 41.1 Å². The Kier molecular flexibility index (Phi) is 6.88. The van der Waals surface area contributed by atoms with Crippen molar-refractivity contribution < 1.29 is 18.6 Å². The highest BCUT2D eigenvalue weighted by Gasteiger charge is 2.18. The minimum Gasteiger partial charge on any atom is -0.493 e. The van der Waals surface area contributed by atoms with Gasteiger partial charge in [-0.05, 0) is 29.7 Å². The lowest BCUT2D eigenvalue weighted by molar-refractivity contribution is 0.324. The molecule has 0 N–H and O–H groups in total. The van der Waals surface area contributed by atoms with Crippen LogP contribution < -0.4 is 14.2 Å². The van der Waals surface area contributed by atoms with Gasteiger partial charge in [0.1, 0.15) is 0 Å². The molecule has 2 aromatic heterocycles. The lowest BCUT2D eigenvalue weighted by Crippen LogP contribution is -2.01. The molecular weight excluding hydrogens is 440 g/mol. The lowest BCUT2D eigenvalue weighted by atomic mass is 10.0. The van der Waals surface area contributed by atoms with Crippen LogP contribution in [0.5, 0.6) is 17.2 Å². The predicted molar refractivity (Wildman–Crippen MR) is 127 cm³/mol. The second-order valence-corrected chi connectivity index (χ2v) is 8.44. The summed E-state index contributed by atoms with van der Waals surface area (Å²) in [5.74, 6) is 3.30. The number of rotatable bonds is 9. The summed E-state index contributed by atoms with van der Waals surface area (Å²) in [7, 11) is 4.69. The summed E-state index contributed by atoms with van der Waals surface area (Å²) in [4.78, 5) is 4.53. The number of hydrogen-bond acceptors (Lipinski definition) is 8. The quantitative estimate of drug-likeness (QED) is 0.305. The maximum Gasteiger partial charge on any atom is 0.248 e. The fraction of sp³-hybridized carbons (Fsp3) is 0.292. The number of para-hydroxylation sites is 1. The van der Waals surface area contributed by atoms with Crippen LogP contribution in [0, 0.1) is 0 Å². The van der Waals surface area contributed by atoms with E-state index in [2.05, 4.69) is 51.8 Å². The van der Waals surface area contributed by atoms with Crippen molar-refractivity contribution in [2.45, 2.75) is 30.7 Å². The van der Waals surface area contributed by atoms with Gasteiger partial charge in [0, 0.05) is 18.0 Å². The third kappa shape index (κ3) is 4.68. The molecule has 8 nitrogen and oxygen atoms in total. The van der Waals surface area contributed by atoms with E-state index in [1.165, 1.54) is 17.3 Å². The molecule has 0 saturated carbocycles. The van der Waals surface area contributed by atoms with E-state index in [0.29, 0.717) is 46.3 Å². The van der Waals surface area contributed by atoms with Crippen molar-refractivity contribution in [3.63, 3.8) is 0 Å². The zero-order chi connectivity index (χ0) is 23.4. The highest BCUT2D eigenvalue weighted by atomic mass is 32.2. The van der Waals surface area contributed by atoms with Crippen LogP contribution in [0.2, 0.25) is 0 Å². The lowest BCUT2D eigenvalue weighted by Gasteiger charge is -2.14. The Bertz CT molecular complexity index is 1210. The third-order valence-electron chi connectivity index (χ3n) is 5.13. The highest BCUT2D eigenvalue weighted by molar-refractivity contribution is 7.98. The first-order valence-electron chi connectivity index (χ1n) is 10.4. The highest BCUT2D eigenvalue weighted by Crippen LogP contribution is 2.41. The number of nitrogens with zero attached hydrogens (tertiary/aromatic N) is 4. The molecular formula is C24H26N4O4S. The molecule has 0 spiro atoms. The van der Waals surface area contributed by atoms with Crippen LogP contribution in [0.25, 0.3) is 17.1 Å². The van der Waals surface area contributed by atoms with Gasteiger partial charge in [-0.25, -0.2) is 4.98 Å². The van der Waals surface area contributed by atoms with E-state index < -0.39 is 0 Å². The van der Waals surface area contributed by atoms with Gasteiger partial charge in [0.05, 0.1) is 32.8 Å². The zero-order valence-corrected chi connectivity index (χ0v) is 20.0. The van der Waals surface area contributed by atoms with E-state index in [4.69, 9.17) is 18.6 Å². The van der Waals surface area contributed by atoms with Crippen LogP contribution in [0.3, 0.4) is 0 Å². The molecule has 0 aliphatic rings. The molecule has 2 heterocycles. The summed E-state index contributed by atoms with van der Waals surface area (Å²) in [6, 6.07) is 11.9. The molecule has 4 rings (SSSR count). The van der Waals surface area contributed by atoms with Crippen LogP contribution in [-0.2, 0) is 5.75 Å². The third-order valence-corrected chi connectivity index (χ3v) is 6.08. The summed E-state index contributed by atoms with van der Waals surface area (Å²) in [6.07, 6.45) is 3.77. The molecule has 0 aliphatic carbocycles. The summed E-state index contributed by atoms with van der Waals surface area (Å²) < 4.78 is 24.2. The number of benzene rings is 2. The molecule has 0 amide bonds. The molecule has 0 unspecified atom stereocenters. The van der Waals surface area contributed by atoms with Gasteiger partial charge < -0.3 is 18.6 Å². The average molecular weight is 467 g/mol. The van der Waals surface area contributed by atoms with E-state index in [1.807, 2.05) is 12.3 Å².